The average Bonchev–Trinajstić information content (AvgIpc) is 2.53. The zero-order valence-corrected chi connectivity index (χ0v) is 12.2. The third kappa shape index (κ3) is 1.93. The van der Waals surface area contributed by atoms with Gasteiger partial charge in [-0.25, -0.2) is 0 Å². The van der Waals surface area contributed by atoms with Crippen LogP contribution in [-0.4, -0.2) is 20.5 Å². The van der Waals surface area contributed by atoms with Gasteiger partial charge in [-0.3, -0.25) is 4.79 Å². The van der Waals surface area contributed by atoms with E-state index in [1.807, 2.05) is 37.3 Å². The smallest absolute Gasteiger partial charge is 0.164 e. The molecule has 0 bridgehead atoms. The highest BCUT2D eigenvalue weighted by molar-refractivity contribution is 6.15. The van der Waals surface area contributed by atoms with Gasteiger partial charge in [0.2, 0.25) is 0 Å². The van der Waals surface area contributed by atoms with Crippen molar-refractivity contribution < 1.29 is 15.6 Å². The predicted octanol–water partition coefficient (Wildman–Crippen LogP) is 4.13. The molecule has 3 aromatic carbocycles. The fourth-order valence-electron chi connectivity index (χ4n) is 2.86. The average molecular weight is 281 g/mol. The molecule has 0 aliphatic carbocycles. The van der Waals surface area contributed by atoms with Crippen molar-refractivity contribution in [1.82, 2.24) is 0 Å². The van der Waals surface area contributed by atoms with Gasteiger partial charge in [0.1, 0.15) is 1.37 Å². The van der Waals surface area contributed by atoms with Gasteiger partial charge in [0.15, 0.2) is 17.8 Å². The van der Waals surface area contributed by atoms with E-state index < -0.39 is 6.26 Å². The van der Waals surface area contributed by atoms with Gasteiger partial charge in [0.25, 0.3) is 0 Å². The Hall–Kier alpha value is -2.55. The summed E-state index contributed by atoms with van der Waals surface area (Å²) in [6.07, 6.45) is -0.688. The molecule has 3 aromatic rings. The van der Waals surface area contributed by atoms with Crippen LogP contribution in [0.3, 0.4) is 0 Å². The van der Waals surface area contributed by atoms with Gasteiger partial charge in [-0.2, -0.15) is 0 Å². The van der Waals surface area contributed by atoms with Gasteiger partial charge in [-0.1, -0.05) is 24.3 Å². The zero-order chi connectivity index (χ0) is 15.9. The first-order chi connectivity index (χ1) is 10.6. The van der Waals surface area contributed by atoms with Crippen molar-refractivity contribution >= 4 is 27.8 Å². The number of carbonyl (C=O) groups is 1. The maximum absolute atomic E-state index is 11.7. The Kier molecular flexibility index (Phi) is 2.96. The van der Waals surface area contributed by atoms with Crippen LogP contribution in [0.2, 0.25) is 0 Å². The molecule has 0 heterocycles. The van der Waals surface area contributed by atoms with E-state index in [1.165, 1.54) is 0 Å². The van der Waals surface area contributed by atoms with Crippen molar-refractivity contribution in [2.75, 3.05) is 14.2 Å². The van der Waals surface area contributed by atoms with E-state index in [2.05, 4.69) is 0 Å². The minimum Gasteiger partial charge on any atom is -0.493 e. The van der Waals surface area contributed by atoms with Crippen molar-refractivity contribution in [3.05, 3.63) is 47.5 Å². The van der Waals surface area contributed by atoms with Crippen LogP contribution in [0.5, 0.6) is 11.5 Å². The van der Waals surface area contributed by atoms with E-state index >= 15 is 0 Å². The van der Waals surface area contributed by atoms with E-state index in [1.54, 1.807) is 20.3 Å². The molecule has 0 radical (unpaired) electrons. The molecule has 0 N–H and O–H groups in total. The number of benzene rings is 3. The summed E-state index contributed by atoms with van der Waals surface area (Å²) in [4.78, 5) is 11.7. The van der Waals surface area contributed by atoms with Gasteiger partial charge in [-0.15, -0.1) is 0 Å². The van der Waals surface area contributed by atoms with Crippen LogP contribution < -0.4 is 9.47 Å². The number of ether oxygens (including phenoxy) is 2. The van der Waals surface area contributed by atoms with Crippen molar-refractivity contribution in [3.63, 3.8) is 0 Å². The Labute approximate surface area is 124 Å². The van der Waals surface area contributed by atoms with Crippen LogP contribution in [-0.2, 0) is 0 Å². The van der Waals surface area contributed by atoms with Crippen LogP contribution >= 0.6 is 0 Å². The van der Waals surface area contributed by atoms with E-state index in [-0.39, 0.29) is 0 Å². The van der Waals surface area contributed by atoms with Crippen molar-refractivity contribution in [2.24, 2.45) is 0 Å². The third-order valence-corrected chi connectivity index (χ3v) is 3.86. The highest BCUT2D eigenvalue weighted by Crippen LogP contribution is 2.40. The molecule has 0 aromatic heterocycles. The summed E-state index contributed by atoms with van der Waals surface area (Å²) in [5, 5.41) is 3.59. The fourth-order valence-corrected chi connectivity index (χ4v) is 2.86. The number of carbonyl (C=O) groups excluding carboxylic acids is 1. The summed E-state index contributed by atoms with van der Waals surface area (Å²) in [7, 11) is 3.20. The highest BCUT2D eigenvalue weighted by atomic mass is 16.5. The van der Waals surface area contributed by atoms with Crippen LogP contribution in [0, 0.1) is 6.92 Å². The van der Waals surface area contributed by atoms with Crippen LogP contribution in [0.25, 0.3) is 21.5 Å². The molecule has 3 nitrogen and oxygen atoms in total. The standard InChI is InChI=1S/C18H16O3/c1-11-15-8-12(10-19)13-6-4-5-7-14(13)16(15)9-17(20-2)18(11)21-3/h4-10H,1-3H3/i10D. The van der Waals surface area contributed by atoms with E-state index in [4.69, 9.17) is 10.8 Å². The lowest BCUT2D eigenvalue weighted by molar-refractivity contribution is 0.112. The number of aryl methyl sites for hydroxylation is 1. The van der Waals surface area contributed by atoms with Gasteiger partial charge in [0.05, 0.1) is 14.2 Å². The minimum absolute atomic E-state index is 0.401. The van der Waals surface area contributed by atoms with Crippen molar-refractivity contribution in [1.29, 1.82) is 0 Å². The summed E-state index contributed by atoms with van der Waals surface area (Å²) in [5.41, 5.74) is 1.29. The molecular weight excluding hydrogens is 264 g/mol. The SMILES string of the molecule is [2H]C(=O)c1cc2c(C)c(OC)c(OC)cc2c2ccccc12. The number of hydrogen-bond acceptors (Lipinski definition) is 3. The van der Waals surface area contributed by atoms with Gasteiger partial charge < -0.3 is 9.47 Å². The largest absolute Gasteiger partial charge is 0.493 e. The van der Waals surface area contributed by atoms with E-state index in [0.717, 1.165) is 27.1 Å². The molecule has 3 rings (SSSR count). The van der Waals surface area contributed by atoms with Gasteiger partial charge in [0, 0.05) is 11.1 Å². The Balaban J connectivity index is 2.57. The van der Waals surface area contributed by atoms with Crippen molar-refractivity contribution in [3.8, 4) is 11.5 Å². The lowest BCUT2D eigenvalue weighted by Crippen LogP contribution is -1.96. The summed E-state index contributed by atoms with van der Waals surface area (Å²) in [6.45, 7) is 1.93. The normalized spacial score (nSPS) is 11.5. The second-order valence-corrected chi connectivity index (χ2v) is 4.90. The lowest BCUT2D eigenvalue weighted by atomic mass is 9.94. The Morgan fingerprint density at radius 3 is 2.33 bits per heavy atom. The molecule has 0 saturated carbocycles. The molecule has 0 aliphatic heterocycles. The Morgan fingerprint density at radius 2 is 1.71 bits per heavy atom. The van der Waals surface area contributed by atoms with Gasteiger partial charge >= 0.3 is 0 Å². The Morgan fingerprint density at radius 1 is 1.00 bits per heavy atom. The van der Waals surface area contributed by atoms with Crippen LogP contribution in [0.4, 0.5) is 0 Å². The number of hydrogen-bond donors (Lipinski definition) is 0. The monoisotopic (exact) mass is 281 g/mol. The first-order valence-corrected chi connectivity index (χ1v) is 6.66. The molecule has 3 heteroatoms. The summed E-state index contributed by atoms with van der Waals surface area (Å²) < 4.78 is 18.4. The molecule has 0 saturated heterocycles. The fraction of sp³-hybridized carbons (Fsp3) is 0.167. The molecule has 0 atom stereocenters. The molecule has 0 amide bonds. The molecule has 106 valence electrons. The number of fused-ring (bicyclic) bond motifs is 3. The Bertz CT molecular complexity index is 900. The van der Waals surface area contributed by atoms with E-state index in [9.17, 15) is 4.79 Å². The summed E-state index contributed by atoms with van der Waals surface area (Å²) in [5.74, 6) is 1.30. The van der Waals surface area contributed by atoms with Crippen molar-refractivity contribution in [2.45, 2.75) is 6.92 Å². The second kappa shape index (κ2) is 5.09. The highest BCUT2D eigenvalue weighted by Gasteiger charge is 2.15. The summed E-state index contributed by atoms with van der Waals surface area (Å²) >= 11 is 0. The molecule has 0 fully saturated rings. The topological polar surface area (TPSA) is 35.5 Å². The minimum atomic E-state index is -0.688. The molecular formula is C18H16O3. The lowest BCUT2D eigenvalue weighted by Gasteiger charge is -2.15. The molecule has 0 spiro atoms. The zero-order valence-electron chi connectivity index (χ0n) is 13.2. The maximum atomic E-state index is 11.7. The molecule has 0 unspecified atom stereocenters. The van der Waals surface area contributed by atoms with E-state index in [0.29, 0.717) is 17.1 Å². The quantitative estimate of drug-likeness (QED) is 0.535. The summed E-state index contributed by atoms with van der Waals surface area (Å²) in [6, 6.07) is 11.3. The molecule has 21 heavy (non-hydrogen) atoms. The van der Waals surface area contributed by atoms with Gasteiger partial charge in [-0.05, 0) is 40.6 Å². The first kappa shape index (κ1) is 12.2. The molecule has 0 aliphatic rings. The second-order valence-electron chi connectivity index (χ2n) is 4.90. The van der Waals surface area contributed by atoms with Crippen LogP contribution in [0.1, 0.15) is 17.3 Å². The first-order valence-electron chi connectivity index (χ1n) is 7.16. The predicted molar refractivity (Wildman–Crippen MR) is 84.7 cm³/mol. The van der Waals surface area contributed by atoms with Crippen LogP contribution in [0.15, 0.2) is 36.4 Å². The third-order valence-electron chi connectivity index (χ3n) is 3.86. The number of aldehydes is 1. The maximum Gasteiger partial charge on any atom is 0.164 e. The number of methoxy groups -OCH3 is 2. The number of rotatable bonds is 3.